The number of hydrogen-bond donors (Lipinski definition) is 0. The normalized spacial score (nSPS) is 29.9. The van der Waals surface area contributed by atoms with E-state index >= 15 is 0 Å². The summed E-state index contributed by atoms with van der Waals surface area (Å²) >= 11 is 0. The number of allylic oxidation sites excluding steroid dienone is 3. The topological polar surface area (TPSA) is 17.1 Å². The highest BCUT2D eigenvalue weighted by atomic mass is 16.1. The Bertz CT molecular complexity index is 248. The van der Waals surface area contributed by atoms with Gasteiger partial charge in [0.05, 0.1) is 0 Å². The molecule has 0 amide bonds. The van der Waals surface area contributed by atoms with Gasteiger partial charge in [-0.25, -0.2) is 0 Å². The molecule has 1 nitrogen and oxygen atoms in total. The van der Waals surface area contributed by atoms with Crippen LogP contribution < -0.4 is 0 Å². The van der Waals surface area contributed by atoms with Crippen LogP contribution in [0.5, 0.6) is 0 Å². The van der Waals surface area contributed by atoms with Crippen LogP contribution in [-0.4, -0.2) is 5.78 Å². The van der Waals surface area contributed by atoms with Crippen molar-refractivity contribution in [1.82, 2.24) is 0 Å². The Morgan fingerprint density at radius 1 is 1.67 bits per heavy atom. The maximum atomic E-state index is 11.2. The molecule has 0 aromatic rings. The molecule has 0 aromatic heterocycles. The zero-order valence-electron chi connectivity index (χ0n) is 8.05. The Balaban J connectivity index is 2.86. The zero-order valence-corrected chi connectivity index (χ0v) is 8.05. The Morgan fingerprint density at radius 2 is 2.25 bits per heavy atom. The predicted molar refractivity (Wildman–Crippen MR) is 50.8 cm³/mol. The minimum atomic E-state index is 0.168. The third-order valence-electron chi connectivity index (χ3n) is 2.69. The average molecular weight is 164 g/mol. The molecule has 0 saturated carbocycles. The number of rotatable bonds is 1. The van der Waals surface area contributed by atoms with E-state index in [9.17, 15) is 4.79 Å². The highest BCUT2D eigenvalue weighted by Gasteiger charge is 2.25. The molecule has 66 valence electrons. The van der Waals surface area contributed by atoms with Gasteiger partial charge >= 0.3 is 0 Å². The van der Waals surface area contributed by atoms with Crippen LogP contribution in [0.3, 0.4) is 0 Å². The molecule has 1 rings (SSSR count). The number of hydrogen-bond acceptors (Lipinski definition) is 1. The smallest absolute Gasteiger partial charge is 0.133 e. The summed E-state index contributed by atoms with van der Waals surface area (Å²) in [4.78, 5) is 11.2. The Hall–Kier alpha value is -0.850. The third kappa shape index (κ3) is 1.66. The zero-order chi connectivity index (χ0) is 9.30. The van der Waals surface area contributed by atoms with E-state index in [0.29, 0.717) is 5.92 Å². The van der Waals surface area contributed by atoms with E-state index < -0.39 is 0 Å². The van der Waals surface area contributed by atoms with Gasteiger partial charge in [0.1, 0.15) is 5.78 Å². The Morgan fingerprint density at radius 3 is 2.75 bits per heavy atom. The third-order valence-corrected chi connectivity index (χ3v) is 2.69. The molecule has 0 N–H and O–H groups in total. The van der Waals surface area contributed by atoms with Gasteiger partial charge in [-0.05, 0) is 26.2 Å². The molecule has 0 saturated heterocycles. The van der Waals surface area contributed by atoms with Gasteiger partial charge in [0.25, 0.3) is 0 Å². The van der Waals surface area contributed by atoms with E-state index in [1.165, 1.54) is 5.57 Å². The predicted octanol–water partition coefficient (Wildman–Crippen LogP) is 2.73. The summed E-state index contributed by atoms with van der Waals surface area (Å²) in [7, 11) is 0. The summed E-state index contributed by atoms with van der Waals surface area (Å²) in [5, 5.41) is 0. The lowest BCUT2D eigenvalue weighted by Gasteiger charge is -2.26. The Labute approximate surface area is 74.2 Å². The highest BCUT2D eigenvalue weighted by Crippen LogP contribution is 2.31. The molecule has 1 aliphatic rings. The lowest BCUT2D eigenvalue weighted by molar-refractivity contribution is -0.121. The fourth-order valence-electron chi connectivity index (χ4n) is 1.75. The molecule has 12 heavy (non-hydrogen) atoms. The highest BCUT2D eigenvalue weighted by molar-refractivity contribution is 5.79. The van der Waals surface area contributed by atoms with Gasteiger partial charge in [-0.3, -0.25) is 4.79 Å². The van der Waals surface area contributed by atoms with Crippen LogP contribution in [-0.2, 0) is 4.79 Å². The summed E-state index contributed by atoms with van der Waals surface area (Å²) in [6, 6.07) is 0. The van der Waals surface area contributed by atoms with Crippen molar-refractivity contribution >= 4 is 5.78 Å². The van der Waals surface area contributed by atoms with Gasteiger partial charge in [0.15, 0.2) is 0 Å². The van der Waals surface area contributed by atoms with Gasteiger partial charge in [0, 0.05) is 5.92 Å². The number of ketones is 1. The van der Waals surface area contributed by atoms with Crippen molar-refractivity contribution in [3.63, 3.8) is 0 Å². The van der Waals surface area contributed by atoms with Crippen LogP contribution in [0.4, 0.5) is 0 Å². The minimum Gasteiger partial charge on any atom is -0.300 e. The molecule has 0 bridgehead atoms. The van der Waals surface area contributed by atoms with Gasteiger partial charge in [-0.2, -0.15) is 0 Å². The molecule has 1 aliphatic carbocycles. The number of carbonyl (C=O) groups excluding carboxylic acids is 1. The second-order valence-corrected chi connectivity index (χ2v) is 3.73. The van der Waals surface area contributed by atoms with E-state index in [0.717, 1.165) is 12.0 Å². The monoisotopic (exact) mass is 164 g/mol. The molecule has 0 unspecified atom stereocenters. The van der Waals surface area contributed by atoms with E-state index in [1.54, 1.807) is 6.92 Å². The largest absolute Gasteiger partial charge is 0.300 e. The van der Waals surface area contributed by atoms with E-state index in [-0.39, 0.29) is 11.7 Å². The molecule has 0 fully saturated rings. The van der Waals surface area contributed by atoms with E-state index in [4.69, 9.17) is 0 Å². The molecular weight excluding hydrogens is 148 g/mol. The molecule has 0 radical (unpaired) electrons. The van der Waals surface area contributed by atoms with Crippen molar-refractivity contribution in [2.24, 2.45) is 11.8 Å². The first-order chi connectivity index (χ1) is 5.52. The molecular formula is C11H16O. The van der Waals surface area contributed by atoms with Crippen molar-refractivity contribution in [2.75, 3.05) is 0 Å². The minimum absolute atomic E-state index is 0.168. The number of carbonyl (C=O) groups is 1. The van der Waals surface area contributed by atoms with Crippen LogP contribution in [0.15, 0.2) is 23.8 Å². The number of Topliss-reactive ketones (excluding diaryl/α,β-unsaturated/α-hetero) is 1. The van der Waals surface area contributed by atoms with Crippen molar-refractivity contribution < 1.29 is 4.79 Å². The molecule has 0 aliphatic heterocycles. The van der Waals surface area contributed by atoms with Gasteiger partial charge < -0.3 is 0 Å². The second-order valence-electron chi connectivity index (χ2n) is 3.73. The molecule has 0 aromatic carbocycles. The summed E-state index contributed by atoms with van der Waals surface area (Å²) in [6.07, 6.45) is 3.00. The fourth-order valence-corrected chi connectivity index (χ4v) is 1.75. The maximum Gasteiger partial charge on any atom is 0.133 e. The second kappa shape index (κ2) is 3.26. The molecule has 2 atom stereocenters. The van der Waals surface area contributed by atoms with Crippen molar-refractivity contribution in [3.05, 3.63) is 23.8 Å². The summed E-state index contributed by atoms with van der Waals surface area (Å²) in [5.74, 6) is 0.835. The van der Waals surface area contributed by atoms with Gasteiger partial charge in [-0.1, -0.05) is 30.7 Å². The average Bonchev–Trinajstić information content (AvgIpc) is 1.96. The standard InChI is InChI=1S/C11H16O/c1-7-5-9(3)11(10(4)12)6-8(7)2/h5,9,11H,2,6H2,1,3-4H3/t9-,11+/m0/s1. The van der Waals surface area contributed by atoms with Gasteiger partial charge in [0.2, 0.25) is 0 Å². The first-order valence-corrected chi connectivity index (χ1v) is 4.39. The first-order valence-electron chi connectivity index (χ1n) is 4.39. The van der Waals surface area contributed by atoms with E-state index in [1.807, 2.05) is 0 Å². The molecule has 0 spiro atoms. The van der Waals surface area contributed by atoms with Gasteiger partial charge in [-0.15, -0.1) is 0 Å². The molecule has 0 heterocycles. The lowest BCUT2D eigenvalue weighted by Crippen LogP contribution is -2.22. The van der Waals surface area contributed by atoms with Crippen LogP contribution in [0.25, 0.3) is 0 Å². The van der Waals surface area contributed by atoms with Crippen LogP contribution in [0.2, 0.25) is 0 Å². The van der Waals surface area contributed by atoms with Crippen molar-refractivity contribution in [2.45, 2.75) is 27.2 Å². The summed E-state index contributed by atoms with van der Waals surface area (Å²) in [6.45, 7) is 9.78. The SMILES string of the molecule is C=C1C[C@@H](C(C)=O)[C@@H](C)C=C1C. The van der Waals surface area contributed by atoms with Crippen molar-refractivity contribution in [3.8, 4) is 0 Å². The summed E-state index contributed by atoms with van der Waals surface area (Å²) in [5.41, 5.74) is 2.37. The summed E-state index contributed by atoms with van der Waals surface area (Å²) < 4.78 is 0. The lowest BCUT2D eigenvalue weighted by atomic mass is 9.78. The quantitative estimate of drug-likeness (QED) is 0.582. The Kier molecular flexibility index (Phi) is 2.51. The van der Waals surface area contributed by atoms with Crippen molar-refractivity contribution in [1.29, 1.82) is 0 Å². The van der Waals surface area contributed by atoms with Crippen LogP contribution in [0, 0.1) is 11.8 Å². The molecule has 1 heteroatoms. The first kappa shape index (κ1) is 9.24. The van der Waals surface area contributed by atoms with Crippen LogP contribution >= 0.6 is 0 Å². The maximum absolute atomic E-state index is 11.2. The van der Waals surface area contributed by atoms with E-state index in [2.05, 4.69) is 26.5 Å². The van der Waals surface area contributed by atoms with Crippen LogP contribution in [0.1, 0.15) is 27.2 Å². The fraction of sp³-hybridized carbons (Fsp3) is 0.545.